The Morgan fingerprint density at radius 3 is 2.42 bits per heavy atom. The number of fused-ring (bicyclic) bond motifs is 5. The SMILES string of the molecule is C[C@@H]1CC(=O)C2[C@@]3(C)CCCC(C)(C)C3[C@H](O)[C@H](OC(=O)CCC(=O)NCCNC(=O)CCc3ccc4n3C(F)(F)n3cccc3C4)[C@@]2(C)O1. The van der Waals surface area contributed by atoms with Gasteiger partial charge in [-0.3, -0.25) is 28.3 Å². The Hall–Kier alpha value is -3.58. The van der Waals surface area contributed by atoms with E-state index in [-0.39, 0.29) is 68.2 Å². The average molecular weight is 701 g/mol. The molecule has 7 atom stereocenters. The maximum atomic E-state index is 15.2. The Kier molecular flexibility index (Phi) is 9.56. The first-order chi connectivity index (χ1) is 23.5. The summed E-state index contributed by atoms with van der Waals surface area (Å²) >= 11 is 0. The number of halogens is 2. The molecule has 2 aromatic heterocycles. The average Bonchev–Trinajstić information content (AvgIpc) is 3.66. The molecule has 13 heteroatoms. The molecule has 0 aromatic carbocycles. The summed E-state index contributed by atoms with van der Waals surface area (Å²) in [5.74, 6) is -2.20. The largest absolute Gasteiger partial charge is 0.456 e. The molecule has 2 saturated carbocycles. The predicted molar refractivity (Wildman–Crippen MR) is 178 cm³/mol. The molecule has 2 aromatic rings. The van der Waals surface area contributed by atoms with Gasteiger partial charge in [0.15, 0.2) is 6.10 Å². The smallest absolute Gasteiger partial charge is 0.421 e. The van der Waals surface area contributed by atoms with Crippen molar-refractivity contribution < 1.29 is 42.5 Å². The van der Waals surface area contributed by atoms with E-state index in [1.807, 2.05) is 6.92 Å². The number of alkyl halides is 2. The Morgan fingerprint density at radius 1 is 1.00 bits per heavy atom. The minimum Gasteiger partial charge on any atom is -0.456 e. The number of amides is 2. The first-order valence-corrected chi connectivity index (χ1v) is 17.8. The van der Waals surface area contributed by atoms with E-state index in [4.69, 9.17) is 9.47 Å². The Morgan fingerprint density at radius 2 is 1.70 bits per heavy atom. The van der Waals surface area contributed by atoms with Gasteiger partial charge < -0.3 is 25.2 Å². The standard InChI is InChI=1S/C37H50F2N4O7/c1-22-20-26(44)31-35(4)16-7-15-34(2,3)32(35)30(48)33(36(31,5)50-22)49-29(47)14-13-28(46)41-18-17-40-27(45)12-11-23-9-10-25-21-24-8-6-19-42(24)37(38,39)43(23)25/h6,8-10,19,22,30-33,48H,7,11-18,20-21H2,1-5H3,(H,40,45)(H,41,46)/t22-,30+,31?,32?,33+,35-,36+/m1/s1. The van der Waals surface area contributed by atoms with Crippen molar-refractivity contribution in [3.63, 3.8) is 0 Å². The van der Waals surface area contributed by atoms with E-state index < -0.39 is 53.3 Å². The summed E-state index contributed by atoms with van der Waals surface area (Å²) in [4.78, 5) is 51.8. The van der Waals surface area contributed by atoms with Crippen molar-refractivity contribution >= 4 is 23.6 Å². The maximum Gasteiger partial charge on any atom is 0.421 e. The first-order valence-electron chi connectivity index (χ1n) is 17.8. The fourth-order valence-corrected chi connectivity index (χ4v) is 10.1. The number of hydrogen-bond donors (Lipinski definition) is 3. The number of carbonyl (C=O) groups excluding carboxylic acids is 4. The minimum atomic E-state index is -3.26. The lowest BCUT2D eigenvalue weighted by atomic mass is 9.43. The van der Waals surface area contributed by atoms with Gasteiger partial charge in [0.25, 0.3) is 0 Å². The molecule has 2 unspecified atom stereocenters. The van der Waals surface area contributed by atoms with E-state index >= 15 is 8.78 Å². The molecule has 3 N–H and O–H groups in total. The Labute approximate surface area is 291 Å². The molecule has 2 aliphatic carbocycles. The van der Waals surface area contributed by atoms with Crippen molar-refractivity contribution in [1.82, 2.24) is 19.8 Å². The second kappa shape index (κ2) is 13.2. The number of hydrogen-bond acceptors (Lipinski definition) is 7. The van der Waals surface area contributed by atoms with Gasteiger partial charge in [0, 0.05) is 62.1 Å². The quantitative estimate of drug-likeness (QED) is 0.251. The van der Waals surface area contributed by atoms with Gasteiger partial charge in [0.2, 0.25) is 11.8 Å². The summed E-state index contributed by atoms with van der Waals surface area (Å²) in [6.45, 7) is 10.1. The number of aromatic nitrogens is 2. The van der Waals surface area contributed by atoms with Crippen LogP contribution in [0.1, 0.15) is 96.6 Å². The molecule has 2 aliphatic heterocycles. The number of Topliss-reactive ketones (excluding diaryl/α,β-unsaturated/α-hetero) is 1. The normalized spacial score (nSPS) is 32.2. The van der Waals surface area contributed by atoms with Crippen LogP contribution in [0.5, 0.6) is 0 Å². The van der Waals surface area contributed by atoms with Gasteiger partial charge >= 0.3 is 12.1 Å². The van der Waals surface area contributed by atoms with E-state index in [0.717, 1.165) is 28.4 Å². The zero-order valence-corrected chi connectivity index (χ0v) is 29.6. The molecular weight excluding hydrogens is 650 g/mol. The van der Waals surface area contributed by atoms with Gasteiger partial charge in [-0.15, -0.1) is 0 Å². The van der Waals surface area contributed by atoms with Crippen LogP contribution < -0.4 is 10.6 Å². The highest BCUT2D eigenvalue weighted by Crippen LogP contribution is 2.64. The van der Waals surface area contributed by atoms with E-state index in [1.54, 1.807) is 31.2 Å². The van der Waals surface area contributed by atoms with Crippen LogP contribution in [0.3, 0.4) is 0 Å². The summed E-state index contributed by atoms with van der Waals surface area (Å²) in [6, 6.07) is 6.54. The fraction of sp³-hybridized carbons (Fsp3) is 0.676. The highest BCUT2D eigenvalue weighted by Gasteiger charge is 2.70. The van der Waals surface area contributed by atoms with Crippen LogP contribution in [-0.4, -0.2) is 74.8 Å². The molecule has 11 nitrogen and oxygen atoms in total. The predicted octanol–water partition coefficient (Wildman–Crippen LogP) is 4.07. The van der Waals surface area contributed by atoms with Crippen LogP contribution in [0, 0.1) is 22.7 Å². The molecule has 6 rings (SSSR count). The molecule has 274 valence electrons. The van der Waals surface area contributed by atoms with Crippen molar-refractivity contribution in [2.45, 2.75) is 122 Å². The number of rotatable bonds is 10. The number of carbonyl (C=O) groups is 4. The lowest BCUT2D eigenvalue weighted by Gasteiger charge is -2.66. The number of nitrogens with zero attached hydrogens (tertiary/aromatic N) is 2. The zero-order chi connectivity index (χ0) is 36.2. The third-order valence-corrected chi connectivity index (χ3v) is 11.8. The van der Waals surface area contributed by atoms with Crippen molar-refractivity contribution in [2.75, 3.05) is 13.1 Å². The molecule has 50 heavy (non-hydrogen) atoms. The van der Waals surface area contributed by atoms with Gasteiger partial charge in [0.05, 0.1) is 24.5 Å². The molecule has 4 heterocycles. The molecule has 0 bridgehead atoms. The van der Waals surface area contributed by atoms with Gasteiger partial charge in [-0.05, 0) is 74.1 Å². The number of nitrogens with one attached hydrogen (secondary N) is 2. The summed E-state index contributed by atoms with van der Waals surface area (Å²) in [6.07, 6.45) is -1.50. The minimum absolute atomic E-state index is 0.00404. The Bertz CT molecular complexity index is 1650. The number of ether oxygens (including phenoxy) is 2. The van der Waals surface area contributed by atoms with Crippen molar-refractivity contribution in [3.8, 4) is 0 Å². The van der Waals surface area contributed by atoms with Crippen molar-refractivity contribution in [2.24, 2.45) is 22.7 Å². The van der Waals surface area contributed by atoms with Crippen molar-refractivity contribution in [3.05, 3.63) is 47.5 Å². The number of esters is 1. The highest BCUT2D eigenvalue weighted by molar-refractivity contribution is 5.85. The topological polar surface area (TPSA) is 141 Å². The lowest BCUT2D eigenvalue weighted by Crippen LogP contribution is -2.74. The summed E-state index contributed by atoms with van der Waals surface area (Å²) < 4.78 is 44.6. The van der Waals surface area contributed by atoms with Crippen LogP contribution >= 0.6 is 0 Å². The van der Waals surface area contributed by atoms with Crippen LogP contribution in [0.25, 0.3) is 0 Å². The van der Waals surface area contributed by atoms with E-state index in [0.29, 0.717) is 23.5 Å². The molecule has 2 amide bonds. The van der Waals surface area contributed by atoms with Gasteiger partial charge in [-0.2, -0.15) is 8.78 Å². The summed E-state index contributed by atoms with van der Waals surface area (Å²) in [7, 11) is 0. The molecular formula is C37H50F2N4O7. The maximum absolute atomic E-state index is 15.2. The van der Waals surface area contributed by atoms with Gasteiger partial charge in [-0.1, -0.05) is 27.2 Å². The molecule has 0 spiro atoms. The number of ketones is 1. The van der Waals surface area contributed by atoms with Crippen LogP contribution in [0.15, 0.2) is 30.5 Å². The summed E-state index contributed by atoms with van der Waals surface area (Å²) in [5, 5.41) is 17.2. The molecule has 1 saturated heterocycles. The van der Waals surface area contributed by atoms with Crippen LogP contribution in [-0.2, 0) is 47.7 Å². The van der Waals surface area contributed by atoms with Gasteiger partial charge in [0.1, 0.15) is 11.4 Å². The third-order valence-electron chi connectivity index (χ3n) is 11.8. The first kappa shape index (κ1) is 36.2. The van der Waals surface area contributed by atoms with E-state index in [1.165, 1.54) is 6.20 Å². The summed E-state index contributed by atoms with van der Waals surface area (Å²) in [5.41, 5.74) is -0.651. The monoisotopic (exact) mass is 700 g/mol. The molecule has 4 aliphatic rings. The van der Waals surface area contributed by atoms with Crippen LogP contribution in [0.4, 0.5) is 8.78 Å². The van der Waals surface area contributed by atoms with E-state index in [2.05, 4.69) is 31.4 Å². The number of aliphatic hydroxyl groups excluding tert-OH is 1. The fourth-order valence-electron chi connectivity index (χ4n) is 10.1. The molecule has 0 radical (unpaired) electrons. The van der Waals surface area contributed by atoms with Crippen molar-refractivity contribution in [1.29, 1.82) is 0 Å². The molecule has 3 fully saturated rings. The second-order valence-electron chi connectivity index (χ2n) is 15.8. The number of aliphatic hydroxyl groups is 1. The highest BCUT2D eigenvalue weighted by atomic mass is 19.3. The number of aryl methyl sites for hydroxylation is 1. The zero-order valence-electron chi connectivity index (χ0n) is 29.6. The Balaban J connectivity index is 0.968. The lowest BCUT2D eigenvalue weighted by molar-refractivity contribution is -0.297. The van der Waals surface area contributed by atoms with Crippen LogP contribution in [0.2, 0.25) is 0 Å². The third kappa shape index (κ3) is 6.29. The second-order valence-corrected chi connectivity index (χ2v) is 15.8. The van der Waals surface area contributed by atoms with Gasteiger partial charge in [-0.25, -0.2) is 0 Å². The van der Waals surface area contributed by atoms with E-state index in [9.17, 15) is 24.3 Å².